The van der Waals surface area contributed by atoms with E-state index in [-0.39, 0.29) is 27.4 Å². The summed E-state index contributed by atoms with van der Waals surface area (Å²) < 4.78 is 167. The van der Waals surface area contributed by atoms with Crippen LogP contribution in [0.4, 0.5) is 40.8 Å². The van der Waals surface area contributed by atoms with Crippen LogP contribution < -0.4 is 9.04 Å². The number of sulfonamides is 1. The summed E-state index contributed by atoms with van der Waals surface area (Å²) in [7, 11) is -9.54. The van der Waals surface area contributed by atoms with Crippen LogP contribution in [-0.2, 0) is 35.8 Å². The maximum absolute atomic E-state index is 13.9. The molecular weight excluding hydrogens is 658 g/mol. The van der Waals surface area contributed by atoms with Gasteiger partial charge in [-0.25, -0.2) is 21.5 Å². The van der Waals surface area contributed by atoms with Crippen LogP contribution in [-0.4, -0.2) is 74.2 Å². The quantitative estimate of drug-likeness (QED) is 0.260. The molecule has 3 rings (SSSR count). The number of halogens is 8. The molecule has 10 nitrogen and oxygen atoms in total. The molecule has 1 aromatic carbocycles. The number of ether oxygens (including phenoxy) is 2. The van der Waals surface area contributed by atoms with Crippen LogP contribution in [0.25, 0.3) is 0 Å². The molecule has 0 bridgehead atoms. The van der Waals surface area contributed by atoms with Crippen molar-refractivity contribution in [2.75, 3.05) is 15.8 Å². The number of alkyl halides is 8. The number of fused-ring (bicyclic) bond motifs is 1. The van der Waals surface area contributed by atoms with Crippen molar-refractivity contribution in [3.8, 4) is 5.75 Å². The number of aromatic nitrogens is 2. The Morgan fingerprint density at radius 3 is 2.23 bits per heavy atom. The molecule has 2 atom stereocenters. The first kappa shape index (κ1) is 35.3. The third-order valence-electron chi connectivity index (χ3n) is 6.55. The Labute approximate surface area is 246 Å². The monoisotopic (exact) mass is 685 g/mol. The average molecular weight is 686 g/mol. The van der Waals surface area contributed by atoms with E-state index >= 15 is 0 Å². The summed E-state index contributed by atoms with van der Waals surface area (Å²) in [6, 6.07) is 2.00. The van der Waals surface area contributed by atoms with Crippen molar-refractivity contribution >= 4 is 31.5 Å². The van der Waals surface area contributed by atoms with Gasteiger partial charge in [0.1, 0.15) is 22.5 Å². The van der Waals surface area contributed by atoms with Gasteiger partial charge in [-0.15, -0.1) is 0 Å². The van der Waals surface area contributed by atoms with Crippen LogP contribution in [0, 0.1) is 6.92 Å². The topological polar surface area (TPSA) is 125 Å². The van der Waals surface area contributed by atoms with Gasteiger partial charge in [-0.2, -0.15) is 40.2 Å². The van der Waals surface area contributed by atoms with Crippen LogP contribution >= 0.6 is 0 Å². The molecule has 248 valence electrons. The molecule has 0 amide bonds. The summed E-state index contributed by atoms with van der Waals surface area (Å²) >= 11 is 0. The van der Waals surface area contributed by atoms with E-state index in [0.717, 1.165) is 19.1 Å². The number of benzene rings is 1. The normalized spacial score (nSPS) is 18.2. The number of aryl methyl sites for hydroxylation is 1. The number of hydrogen-bond donors (Lipinski definition) is 0. The van der Waals surface area contributed by atoms with Crippen LogP contribution in [0.3, 0.4) is 0 Å². The molecule has 20 heteroatoms. The molecule has 0 aliphatic carbocycles. The van der Waals surface area contributed by atoms with Gasteiger partial charge < -0.3 is 9.47 Å². The van der Waals surface area contributed by atoms with Gasteiger partial charge in [0.25, 0.3) is 10.0 Å². The fraction of sp³-hybridized carbons (Fsp3) is 0.583. The summed E-state index contributed by atoms with van der Waals surface area (Å²) in [6.07, 6.45) is -12.1. The highest BCUT2D eigenvalue weighted by Gasteiger charge is 2.51. The molecule has 2 aromatic rings. The third-order valence-corrected chi connectivity index (χ3v) is 10.2. The van der Waals surface area contributed by atoms with E-state index < -0.39 is 91.7 Å². The summed E-state index contributed by atoms with van der Waals surface area (Å²) in [5, 5.41) is 3.48. The van der Waals surface area contributed by atoms with Gasteiger partial charge in [0.05, 0.1) is 35.8 Å². The lowest BCUT2D eigenvalue weighted by Crippen LogP contribution is -2.51. The van der Waals surface area contributed by atoms with Crippen molar-refractivity contribution in [3.05, 3.63) is 35.7 Å². The first-order valence-corrected chi connectivity index (χ1v) is 15.8. The number of sulfone groups is 1. The highest BCUT2D eigenvalue weighted by Crippen LogP contribution is 2.42. The summed E-state index contributed by atoms with van der Waals surface area (Å²) in [6.45, 7) is 0.365. The Bertz CT molecular complexity index is 1600. The van der Waals surface area contributed by atoms with Crippen LogP contribution in [0.1, 0.15) is 45.0 Å². The summed E-state index contributed by atoms with van der Waals surface area (Å²) in [5.74, 6) is -4.76. The predicted molar refractivity (Wildman–Crippen MR) is 137 cm³/mol. The van der Waals surface area contributed by atoms with Gasteiger partial charge >= 0.3 is 24.9 Å². The number of carbonyl (C=O) groups excluding carboxylic acids is 1. The van der Waals surface area contributed by atoms with Gasteiger partial charge in [0.2, 0.25) is 5.60 Å². The predicted octanol–water partition coefficient (Wildman–Crippen LogP) is 4.73. The Hall–Kier alpha value is -3.16. The Morgan fingerprint density at radius 2 is 1.70 bits per heavy atom. The number of nitrogens with zero attached hydrogens (tertiary/aromatic N) is 3. The van der Waals surface area contributed by atoms with E-state index in [0.29, 0.717) is 24.3 Å². The summed E-state index contributed by atoms with van der Waals surface area (Å²) in [5.41, 5.74) is -3.57. The molecule has 0 fully saturated rings. The largest absolute Gasteiger partial charge is 0.486 e. The average Bonchev–Trinajstić information content (AvgIpc) is 3.23. The van der Waals surface area contributed by atoms with E-state index in [1.807, 2.05) is 0 Å². The van der Waals surface area contributed by atoms with Gasteiger partial charge in [-0.1, -0.05) is 6.07 Å². The Balaban J connectivity index is 2.05. The molecule has 1 aliphatic heterocycles. The lowest BCUT2D eigenvalue weighted by molar-refractivity contribution is -0.257. The van der Waals surface area contributed by atoms with E-state index in [1.54, 1.807) is 0 Å². The van der Waals surface area contributed by atoms with Gasteiger partial charge in [0.15, 0.2) is 9.84 Å². The molecule has 0 spiro atoms. The maximum atomic E-state index is 13.9. The molecule has 1 aromatic heterocycles. The second-order valence-electron chi connectivity index (χ2n) is 10.5. The summed E-state index contributed by atoms with van der Waals surface area (Å²) in [4.78, 5) is 11.6. The van der Waals surface area contributed by atoms with E-state index in [4.69, 9.17) is 4.74 Å². The van der Waals surface area contributed by atoms with Crippen LogP contribution in [0.2, 0.25) is 0 Å². The molecule has 0 saturated heterocycles. The number of rotatable bonds is 10. The lowest BCUT2D eigenvalue weighted by Gasteiger charge is -2.41. The molecule has 0 saturated carbocycles. The minimum absolute atomic E-state index is 0.0473. The molecule has 0 radical (unpaired) electrons. The van der Waals surface area contributed by atoms with E-state index in [2.05, 4.69) is 9.84 Å². The highest BCUT2D eigenvalue weighted by molar-refractivity contribution is 7.93. The lowest BCUT2D eigenvalue weighted by atomic mass is 10.0. The number of hydrogen-bond acceptors (Lipinski definition) is 8. The second-order valence-corrected chi connectivity index (χ2v) is 14.5. The zero-order chi connectivity index (χ0) is 33.6. The zero-order valence-corrected chi connectivity index (χ0v) is 25.0. The highest BCUT2D eigenvalue weighted by atomic mass is 32.2. The van der Waals surface area contributed by atoms with Crippen molar-refractivity contribution in [2.24, 2.45) is 0 Å². The number of anilines is 1. The van der Waals surface area contributed by atoms with Crippen molar-refractivity contribution in [1.29, 1.82) is 0 Å². The fourth-order valence-electron chi connectivity index (χ4n) is 4.31. The Morgan fingerprint density at radius 1 is 1.09 bits per heavy atom. The van der Waals surface area contributed by atoms with Crippen LogP contribution in [0.5, 0.6) is 5.75 Å². The van der Waals surface area contributed by atoms with Crippen molar-refractivity contribution in [3.63, 3.8) is 0 Å². The van der Waals surface area contributed by atoms with Gasteiger partial charge in [0, 0.05) is 6.42 Å². The molecule has 1 aliphatic rings. The van der Waals surface area contributed by atoms with Gasteiger partial charge in [-0.05, 0) is 45.4 Å². The third kappa shape index (κ3) is 7.91. The SMILES string of the molecule is Cc1nn(C(F)F)cc1S(=O)(=O)N1c2cc(CC(=O)OC(C)(C)C(F)(F)F)ccc2O[C@@H](CCS(=O)(=O)CC(F)(F)F)[C@H]1C. The molecule has 0 unspecified atom stereocenters. The fourth-order valence-corrected chi connectivity index (χ4v) is 7.39. The molecule has 44 heavy (non-hydrogen) atoms. The van der Waals surface area contributed by atoms with Crippen molar-refractivity contribution in [2.45, 2.75) is 82.1 Å². The Kier molecular flexibility index (Phi) is 9.61. The number of carbonyl (C=O) groups is 1. The van der Waals surface area contributed by atoms with Gasteiger partial charge in [-0.3, -0.25) is 9.10 Å². The first-order valence-electron chi connectivity index (χ1n) is 12.6. The molecule has 0 N–H and O–H groups in total. The van der Waals surface area contributed by atoms with E-state index in [9.17, 15) is 56.8 Å². The maximum Gasteiger partial charge on any atom is 0.427 e. The molecule has 2 heterocycles. The second kappa shape index (κ2) is 12.0. The number of esters is 1. The smallest absolute Gasteiger partial charge is 0.427 e. The first-order chi connectivity index (χ1) is 19.8. The van der Waals surface area contributed by atoms with Crippen LogP contribution in [0.15, 0.2) is 29.3 Å². The molecular formula is C24H27F8N3O7S2. The minimum Gasteiger partial charge on any atom is -0.486 e. The van der Waals surface area contributed by atoms with Crippen molar-refractivity contribution in [1.82, 2.24) is 9.78 Å². The standard InChI is InChI=1S/C24H27F8N3O7S2/c1-13-19(11-34(33-13)21(25)26)44(39,40)35-14(2)17(7-8-43(37,38)12-23(27,28)29)41-18-6-5-15(9-16(18)35)10-20(36)42-22(3,4)24(30,31)32/h5-6,9,11,14,17,21H,7-8,10,12H2,1-4H3/t14-,17+/m1/s1. The van der Waals surface area contributed by atoms with E-state index in [1.165, 1.54) is 13.0 Å². The zero-order valence-electron chi connectivity index (χ0n) is 23.4. The minimum atomic E-state index is -5.03. The van der Waals surface area contributed by atoms with Crippen molar-refractivity contribution < 1.29 is 66.2 Å².